The summed E-state index contributed by atoms with van der Waals surface area (Å²) in [5, 5.41) is 0. The van der Waals surface area contributed by atoms with Crippen molar-refractivity contribution in [3.63, 3.8) is 0 Å². The van der Waals surface area contributed by atoms with Crippen LogP contribution >= 0.6 is 22.6 Å². The van der Waals surface area contributed by atoms with Crippen molar-refractivity contribution in [2.24, 2.45) is 5.41 Å². The van der Waals surface area contributed by atoms with Gasteiger partial charge in [-0.05, 0) is 58.7 Å². The first-order valence-electron chi connectivity index (χ1n) is 6.56. The highest BCUT2D eigenvalue weighted by molar-refractivity contribution is 14.1. The summed E-state index contributed by atoms with van der Waals surface area (Å²) in [6.45, 7) is 4.22. The van der Waals surface area contributed by atoms with Crippen LogP contribution in [0.3, 0.4) is 0 Å². The van der Waals surface area contributed by atoms with Crippen LogP contribution in [0.4, 0.5) is 4.39 Å². The quantitative estimate of drug-likeness (QED) is 0.671. The first-order chi connectivity index (χ1) is 9.37. The molecule has 0 bridgehead atoms. The minimum atomic E-state index is -0.240. The zero-order valence-electron chi connectivity index (χ0n) is 11.4. The van der Waals surface area contributed by atoms with Crippen molar-refractivity contribution in [2.75, 3.05) is 0 Å². The van der Waals surface area contributed by atoms with Gasteiger partial charge in [0.2, 0.25) is 0 Å². The Balaban J connectivity index is 2.16. The van der Waals surface area contributed by atoms with Crippen LogP contribution < -0.4 is 0 Å². The summed E-state index contributed by atoms with van der Waals surface area (Å²) in [5.41, 5.74) is 2.75. The lowest BCUT2D eigenvalue weighted by atomic mass is 9.76. The summed E-state index contributed by atoms with van der Waals surface area (Å²) in [4.78, 5) is 12.2. The Labute approximate surface area is 131 Å². The SMILES string of the molecule is CC1(C)CC(=O)c2ccn(-c3ccc(F)cc3I)c2C1. The fourth-order valence-corrected chi connectivity index (χ4v) is 3.58. The number of carbonyl (C=O) groups excluding carboxylic acids is 1. The molecule has 2 aromatic rings. The minimum Gasteiger partial charge on any atom is -0.319 e. The molecule has 0 N–H and O–H groups in total. The molecule has 0 atom stereocenters. The average Bonchev–Trinajstić information content (AvgIpc) is 2.71. The highest BCUT2D eigenvalue weighted by Gasteiger charge is 2.33. The van der Waals surface area contributed by atoms with Crippen LogP contribution in [0.2, 0.25) is 0 Å². The summed E-state index contributed by atoms with van der Waals surface area (Å²) in [7, 11) is 0. The molecule has 1 aliphatic carbocycles. The molecular weight excluding hydrogens is 368 g/mol. The maximum absolute atomic E-state index is 13.2. The number of nitrogens with zero attached hydrogens (tertiary/aromatic N) is 1. The van der Waals surface area contributed by atoms with Crippen molar-refractivity contribution < 1.29 is 9.18 Å². The molecule has 1 aromatic carbocycles. The molecule has 0 saturated carbocycles. The summed E-state index contributed by atoms with van der Waals surface area (Å²) in [5.74, 6) is -0.0392. The van der Waals surface area contributed by atoms with Gasteiger partial charge in [0.1, 0.15) is 5.82 Å². The number of halogens is 2. The second-order valence-corrected chi connectivity index (χ2v) is 7.24. The Morgan fingerprint density at radius 3 is 2.70 bits per heavy atom. The van der Waals surface area contributed by atoms with E-state index in [4.69, 9.17) is 0 Å². The zero-order valence-corrected chi connectivity index (χ0v) is 13.6. The normalized spacial score (nSPS) is 17.1. The van der Waals surface area contributed by atoms with E-state index in [-0.39, 0.29) is 17.0 Å². The van der Waals surface area contributed by atoms with Gasteiger partial charge in [0.05, 0.1) is 5.69 Å². The summed E-state index contributed by atoms with van der Waals surface area (Å²) in [6.07, 6.45) is 3.36. The molecule has 3 rings (SSSR count). The Morgan fingerprint density at radius 2 is 2.00 bits per heavy atom. The highest BCUT2D eigenvalue weighted by Crippen LogP contribution is 2.36. The summed E-state index contributed by atoms with van der Waals surface area (Å²) >= 11 is 2.13. The molecule has 20 heavy (non-hydrogen) atoms. The summed E-state index contributed by atoms with van der Waals surface area (Å²) in [6, 6.07) is 6.62. The molecule has 104 valence electrons. The van der Waals surface area contributed by atoms with Gasteiger partial charge in [-0.25, -0.2) is 4.39 Å². The van der Waals surface area contributed by atoms with Crippen LogP contribution in [0, 0.1) is 14.8 Å². The molecule has 0 unspecified atom stereocenters. The monoisotopic (exact) mass is 383 g/mol. The Kier molecular flexibility index (Phi) is 3.23. The van der Waals surface area contributed by atoms with Crippen LogP contribution in [-0.4, -0.2) is 10.4 Å². The third-order valence-corrected chi connectivity index (χ3v) is 4.61. The lowest BCUT2D eigenvalue weighted by molar-refractivity contribution is 0.0911. The minimum absolute atomic E-state index is 0.0222. The molecule has 0 radical (unpaired) electrons. The molecule has 1 heterocycles. The first kappa shape index (κ1) is 13.8. The lowest BCUT2D eigenvalue weighted by Gasteiger charge is -2.29. The number of aromatic nitrogens is 1. The van der Waals surface area contributed by atoms with Gasteiger partial charge in [0.25, 0.3) is 0 Å². The smallest absolute Gasteiger partial charge is 0.165 e. The molecule has 0 aliphatic heterocycles. The molecular formula is C16H15FINO. The van der Waals surface area contributed by atoms with Crippen molar-refractivity contribution in [2.45, 2.75) is 26.7 Å². The summed E-state index contributed by atoms with van der Waals surface area (Å²) < 4.78 is 16.1. The van der Waals surface area contributed by atoms with E-state index in [9.17, 15) is 9.18 Å². The van der Waals surface area contributed by atoms with Crippen molar-refractivity contribution in [3.05, 3.63) is 51.1 Å². The third-order valence-electron chi connectivity index (χ3n) is 3.75. The van der Waals surface area contributed by atoms with Gasteiger partial charge in [-0.3, -0.25) is 4.79 Å². The van der Waals surface area contributed by atoms with Crippen molar-refractivity contribution >= 4 is 28.4 Å². The van der Waals surface area contributed by atoms with Gasteiger partial charge in [0.15, 0.2) is 5.78 Å². The number of carbonyl (C=O) groups is 1. The molecule has 0 spiro atoms. The topological polar surface area (TPSA) is 22.0 Å². The van der Waals surface area contributed by atoms with Crippen LogP contribution in [-0.2, 0) is 6.42 Å². The third kappa shape index (κ3) is 2.30. The molecule has 1 aromatic heterocycles. The molecule has 1 aliphatic rings. The van der Waals surface area contributed by atoms with E-state index in [0.717, 1.165) is 26.9 Å². The molecule has 0 saturated heterocycles. The molecule has 2 nitrogen and oxygen atoms in total. The molecule has 0 fully saturated rings. The fraction of sp³-hybridized carbons (Fsp3) is 0.312. The van der Waals surface area contributed by atoms with E-state index < -0.39 is 0 Å². The largest absolute Gasteiger partial charge is 0.319 e. The standard InChI is InChI=1S/C16H15FINO/c1-16(2)8-14-11(15(20)9-16)5-6-19(14)13-4-3-10(17)7-12(13)18/h3-7H,8-9H2,1-2H3. The molecule has 0 amide bonds. The second-order valence-electron chi connectivity index (χ2n) is 6.08. The van der Waals surface area contributed by atoms with E-state index >= 15 is 0 Å². The van der Waals surface area contributed by atoms with Crippen LogP contribution in [0.5, 0.6) is 0 Å². The van der Waals surface area contributed by atoms with Crippen molar-refractivity contribution in [1.82, 2.24) is 4.57 Å². The predicted molar refractivity (Wildman–Crippen MR) is 84.9 cm³/mol. The number of ketones is 1. The maximum atomic E-state index is 13.2. The fourth-order valence-electron chi connectivity index (χ4n) is 2.85. The Hall–Kier alpha value is -1.17. The van der Waals surface area contributed by atoms with Gasteiger partial charge in [0, 0.05) is 27.4 Å². The Bertz CT molecular complexity index is 702. The lowest BCUT2D eigenvalue weighted by Crippen LogP contribution is -2.27. The second kappa shape index (κ2) is 4.69. The molecule has 4 heteroatoms. The Morgan fingerprint density at radius 1 is 1.25 bits per heavy atom. The number of benzene rings is 1. The van der Waals surface area contributed by atoms with E-state index in [2.05, 4.69) is 36.4 Å². The first-order valence-corrected chi connectivity index (χ1v) is 7.64. The van der Waals surface area contributed by atoms with Crippen molar-refractivity contribution in [1.29, 1.82) is 0 Å². The van der Waals surface area contributed by atoms with Gasteiger partial charge in [-0.1, -0.05) is 13.8 Å². The number of hydrogen-bond acceptors (Lipinski definition) is 1. The number of Topliss-reactive ketones (excluding diaryl/α,β-unsaturated/α-hetero) is 1. The van der Waals surface area contributed by atoms with Gasteiger partial charge in [-0.2, -0.15) is 0 Å². The van der Waals surface area contributed by atoms with Gasteiger partial charge < -0.3 is 4.57 Å². The number of fused-ring (bicyclic) bond motifs is 1. The maximum Gasteiger partial charge on any atom is 0.165 e. The van der Waals surface area contributed by atoms with E-state index in [1.807, 2.05) is 16.8 Å². The van der Waals surface area contributed by atoms with E-state index in [0.29, 0.717) is 6.42 Å². The number of rotatable bonds is 1. The van der Waals surface area contributed by atoms with E-state index in [1.54, 1.807) is 6.07 Å². The average molecular weight is 383 g/mol. The zero-order chi connectivity index (χ0) is 14.5. The van der Waals surface area contributed by atoms with Crippen LogP contribution in [0.25, 0.3) is 5.69 Å². The predicted octanol–water partition coefficient (Wildman–Crippen LogP) is 4.38. The van der Waals surface area contributed by atoms with E-state index in [1.165, 1.54) is 12.1 Å². The van der Waals surface area contributed by atoms with Crippen LogP contribution in [0.15, 0.2) is 30.5 Å². The number of hydrogen-bond donors (Lipinski definition) is 0. The van der Waals surface area contributed by atoms with Gasteiger partial charge in [-0.15, -0.1) is 0 Å². The van der Waals surface area contributed by atoms with Crippen molar-refractivity contribution in [3.8, 4) is 5.69 Å². The highest BCUT2D eigenvalue weighted by atomic mass is 127. The van der Waals surface area contributed by atoms with Gasteiger partial charge >= 0.3 is 0 Å². The van der Waals surface area contributed by atoms with Crippen LogP contribution in [0.1, 0.15) is 36.3 Å².